The van der Waals surface area contributed by atoms with E-state index in [0.717, 1.165) is 57.2 Å². The highest BCUT2D eigenvalue weighted by atomic mass is 127. The van der Waals surface area contributed by atoms with Crippen molar-refractivity contribution in [3.05, 3.63) is 54.0 Å². The van der Waals surface area contributed by atoms with E-state index >= 15 is 0 Å². The lowest BCUT2D eigenvalue weighted by Gasteiger charge is -2.36. The summed E-state index contributed by atoms with van der Waals surface area (Å²) in [6, 6.07) is 11.8. The Balaban J connectivity index is 0.00000341. The van der Waals surface area contributed by atoms with Crippen molar-refractivity contribution in [1.82, 2.24) is 15.1 Å². The molecule has 1 aromatic heterocycles. The summed E-state index contributed by atoms with van der Waals surface area (Å²) in [6.45, 7) is 6.53. The van der Waals surface area contributed by atoms with Gasteiger partial charge < -0.3 is 24.3 Å². The van der Waals surface area contributed by atoms with E-state index in [9.17, 15) is 4.79 Å². The monoisotopic (exact) mass is 540 g/mol. The summed E-state index contributed by atoms with van der Waals surface area (Å²) in [7, 11) is 1.80. The van der Waals surface area contributed by atoms with Crippen LogP contribution in [0, 0.1) is 0 Å². The van der Waals surface area contributed by atoms with Gasteiger partial charge in [-0.2, -0.15) is 0 Å². The highest BCUT2D eigenvalue weighted by Crippen LogP contribution is 2.13. The first-order chi connectivity index (χ1) is 14.7. The third-order valence-corrected chi connectivity index (χ3v) is 5.20. The Morgan fingerprint density at radius 1 is 1.13 bits per heavy atom. The SMILES string of the molecule is CCCCOc1ccc(CCNC(=NC)N2CCN(C(=O)c3ccco3)CC2)cc1.I. The van der Waals surface area contributed by atoms with Crippen molar-refractivity contribution in [3.8, 4) is 5.75 Å². The van der Waals surface area contributed by atoms with Crippen LogP contribution in [0.1, 0.15) is 35.9 Å². The van der Waals surface area contributed by atoms with Crippen LogP contribution < -0.4 is 10.1 Å². The standard InChI is InChI=1S/C23H32N4O3.HI/c1-3-4-17-29-20-9-7-19(8-10-20)11-12-25-23(24-2)27-15-13-26(14-16-27)22(28)21-6-5-18-30-21;/h5-10,18H,3-4,11-17H2,1-2H3,(H,24,25);1H. The van der Waals surface area contributed by atoms with Gasteiger partial charge in [0.25, 0.3) is 5.91 Å². The number of halogens is 1. The Hall–Kier alpha value is -2.23. The molecule has 0 unspecified atom stereocenters. The summed E-state index contributed by atoms with van der Waals surface area (Å²) >= 11 is 0. The van der Waals surface area contributed by atoms with Gasteiger partial charge in [-0.05, 0) is 42.7 Å². The number of unbranched alkanes of at least 4 members (excludes halogenated alkanes) is 1. The van der Waals surface area contributed by atoms with E-state index in [4.69, 9.17) is 9.15 Å². The van der Waals surface area contributed by atoms with Crippen molar-refractivity contribution >= 4 is 35.8 Å². The van der Waals surface area contributed by atoms with Crippen LogP contribution in [0.4, 0.5) is 0 Å². The number of hydrogen-bond acceptors (Lipinski definition) is 4. The zero-order chi connectivity index (χ0) is 21.2. The third kappa shape index (κ3) is 7.45. The van der Waals surface area contributed by atoms with E-state index in [1.807, 2.05) is 17.0 Å². The van der Waals surface area contributed by atoms with Crippen molar-refractivity contribution in [3.63, 3.8) is 0 Å². The number of hydrogen-bond donors (Lipinski definition) is 1. The molecule has 1 aromatic carbocycles. The van der Waals surface area contributed by atoms with E-state index in [1.54, 1.807) is 19.2 Å². The van der Waals surface area contributed by atoms with Crippen molar-refractivity contribution in [2.45, 2.75) is 26.2 Å². The number of carbonyl (C=O) groups is 1. The van der Waals surface area contributed by atoms with Crippen LogP contribution in [-0.4, -0.2) is 68.0 Å². The molecule has 170 valence electrons. The summed E-state index contributed by atoms with van der Waals surface area (Å²) in [4.78, 5) is 20.8. The smallest absolute Gasteiger partial charge is 0.289 e. The molecule has 0 bridgehead atoms. The van der Waals surface area contributed by atoms with Crippen LogP contribution in [0.15, 0.2) is 52.1 Å². The molecule has 0 saturated carbocycles. The molecule has 3 rings (SSSR count). The summed E-state index contributed by atoms with van der Waals surface area (Å²) in [5, 5.41) is 3.44. The van der Waals surface area contributed by atoms with Crippen LogP contribution in [0.2, 0.25) is 0 Å². The second kappa shape index (κ2) is 13.2. The molecule has 1 N–H and O–H groups in total. The highest BCUT2D eigenvalue weighted by Gasteiger charge is 2.25. The molecule has 1 saturated heterocycles. The molecule has 1 fully saturated rings. The average Bonchev–Trinajstić information content (AvgIpc) is 3.33. The Kier molecular flexibility index (Phi) is 10.7. The van der Waals surface area contributed by atoms with E-state index in [-0.39, 0.29) is 29.9 Å². The first kappa shape index (κ1) is 25.0. The maximum atomic E-state index is 12.4. The Labute approximate surface area is 201 Å². The quantitative estimate of drug-likeness (QED) is 0.240. The number of amides is 1. The Morgan fingerprint density at radius 3 is 2.45 bits per heavy atom. The number of piperazine rings is 1. The lowest BCUT2D eigenvalue weighted by Crippen LogP contribution is -2.53. The van der Waals surface area contributed by atoms with Crippen molar-refractivity contribution < 1.29 is 13.9 Å². The molecule has 0 spiro atoms. The average molecular weight is 540 g/mol. The maximum Gasteiger partial charge on any atom is 0.289 e. The minimum atomic E-state index is -0.0512. The first-order valence-corrected chi connectivity index (χ1v) is 10.7. The van der Waals surface area contributed by atoms with Crippen LogP contribution in [0.5, 0.6) is 5.75 Å². The lowest BCUT2D eigenvalue weighted by atomic mass is 10.1. The molecule has 1 aliphatic heterocycles. The number of carbonyl (C=O) groups excluding carboxylic acids is 1. The predicted molar refractivity (Wildman–Crippen MR) is 134 cm³/mol. The van der Waals surface area contributed by atoms with E-state index in [1.165, 1.54) is 11.8 Å². The van der Waals surface area contributed by atoms with E-state index in [0.29, 0.717) is 18.8 Å². The van der Waals surface area contributed by atoms with Gasteiger partial charge >= 0.3 is 0 Å². The fraction of sp³-hybridized carbons (Fsp3) is 0.478. The summed E-state index contributed by atoms with van der Waals surface area (Å²) in [5.74, 6) is 2.15. The van der Waals surface area contributed by atoms with Crippen molar-refractivity contribution in [2.24, 2.45) is 4.99 Å². The number of benzene rings is 1. The molecule has 1 amide bonds. The molecule has 2 heterocycles. The highest BCUT2D eigenvalue weighted by molar-refractivity contribution is 14.0. The van der Waals surface area contributed by atoms with E-state index in [2.05, 4.69) is 34.3 Å². The number of nitrogens with one attached hydrogen (secondary N) is 1. The topological polar surface area (TPSA) is 70.3 Å². The molecule has 2 aromatic rings. The lowest BCUT2D eigenvalue weighted by molar-refractivity contribution is 0.0658. The Morgan fingerprint density at radius 2 is 1.84 bits per heavy atom. The molecule has 8 heteroatoms. The van der Waals surface area contributed by atoms with Gasteiger partial charge in [0, 0.05) is 39.8 Å². The molecular weight excluding hydrogens is 507 g/mol. The van der Waals surface area contributed by atoms with Crippen LogP contribution in [0.3, 0.4) is 0 Å². The van der Waals surface area contributed by atoms with Gasteiger partial charge in [-0.1, -0.05) is 25.5 Å². The van der Waals surface area contributed by atoms with Gasteiger partial charge in [0.1, 0.15) is 5.75 Å². The second-order valence-electron chi connectivity index (χ2n) is 7.33. The molecular formula is C23H33IN4O3. The molecule has 0 atom stereocenters. The van der Waals surface area contributed by atoms with Crippen LogP contribution in [-0.2, 0) is 6.42 Å². The fourth-order valence-electron chi connectivity index (χ4n) is 3.42. The number of ether oxygens (including phenoxy) is 1. The van der Waals surface area contributed by atoms with Gasteiger partial charge in [0.15, 0.2) is 11.7 Å². The zero-order valence-corrected chi connectivity index (χ0v) is 20.7. The van der Waals surface area contributed by atoms with Gasteiger partial charge in [-0.15, -0.1) is 24.0 Å². The second-order valence-corrected chi connectivity index (χ2v) is 7.33. The Bertz CT molecular complexity index is 801. The van der Waals surface area contributed by atoms with Gasteiger partial charge in [-0.3, -0.25) is 9.79 Å². The first-order valence-electron chi connectivity index (χ1n) is 10.7. The van der Waals surface area contributed by atoms with Crippen LogP contribution >= 0.6 is 24.0 Å². The number of nitrogens with zero attached hydrogens (tertiary/aromatic N) is 3. The number of aliphatic imine (C=N–C) groups is 1. The predicted octanol–water partition coefficient (Wildman–Crippen LogP) is 3.65. The number of guanidine groups is 1. The van der Waals surface area contributed by atoms with Gasteiger partial charge in [0.2, 0.25) is 0 Å². The molecule has 31 heavy (non-hydrogen) atoms. The minimum absolute atomic E-state index is 0. The molecule has 0 aliphatic carbocycles. The number of rotatable bonds is 8. The van der Waals surface area contributed by atoms with Gasteiger partial charge in [-0.25, -0.2) is 0 Å². The zero-order valence-electron chi connectivity index (χ0n) is 18.4. The maximum absolute atomic E-state index is 12.4. The third-order valence-electron chi connectivity index (χ3n) is 5.20. The van der Waals surface area contributed by atoms with Crippen LogP contribution in [0.25, 0.3) is 0 Å². The summed E-state index contributed by atoms with van der Waals surface area (Å²) in [5.41, 5.74) is 1.26. The summed E-state index contributed by atoms with van der Waals surface area (Å²) < 4.78 is 10.9. The number of furan rings is 1. The van der Waals surface area contributed by atoms with Crippen molar-refractivity contribution in [2.75, 3.05) is 46.4 Å². The summed E-state index contributed by atoms with van der Waals surface area (Å²) in [6.07, 6.45) is 4.66. The molecule has 7 nitrogen and oxygen atoms in total. The van der Waals surface area contributed by atoms with Crippen molar-refractivity contribution in [1.29, 1.82) is 0 Å². The largest absolute Gasteiger partial charge is 0.494 e. The van der Waals surface area contributed by atoms with Gasteiger partial charge in [0.05, 0.1) is 12.9 Å². The molecule has 1 aliphatic rings. The minimum Gasteiger partial charge on any atom is -0.494 e. The fourth-order valence-corrected chi connectivity index (χ4v) is 3.42. The molecule has 0 radical (unpaired) electrons. The van der Waals surface area contributed by atoms with E-state index < -0.39 is 0 Å². The normalized spacial score (nSPS) is 14.2.